The number of hydrogen-bond donors (Lipinski definition) is 0. The first-order valence-electron chi connectivity index (χ1n) is 8.32. The Labute approximate surface area is 139 Å². The minimum Gasteiger partial charge on any atom is -0.461 e. The number of carbonyl (C=O) groups excluding carboxylic acids is 2. The molecule has 1 heterocycles. The van der Waals surface area contributed by atoms with Crippen molar-refractivity contribution in [3.05, 3.63) is 0 Å². The van der Waals surface area contributed by atoms with E-state index in [0.29, 0.717) is 25.9 Å². The maximum atomic E-state index is 12.5. The van der Waals surface area contributed by atoms with Gasteiger partial charge in [0.15, 0.2) is 5.60 Å². The summed E-state index contributed by atoms with van der Waals surface area (Å²) in [6, 6.07) is 0. The van der Waals surface area contributed by atoms with E-state index >= 15 is 0 Å². The van der Waals surface area contributed by atoms with E-state index in [0.717, 1.165) is 0 Å². The molecule has 1 rings (SSSR count). The SMILES string of the molecule is CC(C)OC(=O)C1(OC(C)C)CCN(C(=O)OC(C)(C)C)CC1. The highest BCUT2D eigenvalue weighted by Gasteiger charge is 2.46. The van der Waals surface area contributed by atoms with Crippen molar-refractivity contribution < 1.29 is 23.8 Å². The van der Waals surface area contributed by atoms with Gasteiger partial charge in [-0.2, -0.15) is 0 Å². The maximum Gasteiger partial charge on any atom is 0.410 e. The summed E-state index contributed by atoms with van der Waals surface area (Å²) in [6.07, 6.45) is 0.182. The van der Waals surface area contributed by atoms with Gasteiger partial charge in [-0.05, 0) is 48.5 Å². The molecule has 6 heteroatoms. The molecule has 0 aromatic heterocycles. The Morgan fingerprint density at radius 2 is 1.52 bits per heavy atom. The van der Waals surface area contributed by atoms with Crippen molar-refractivity contribution in [3.63, 3.8) is 0 Å². The van der Waals surface area contributed by atoms with Crippen molar-refractivity contribution >= 4 is 12.1 Å². The van der Waals surface area contributed by atoms with Gasteiger partial charge in [-0.3, -0.25) is 0 Å². The van der Waals surface area contributed by atoms with Crippen molar-refractivity contribution in [2.75, 3.05) is 13.1 Å². The zero-order valence-electron chi connectivity index (χ0n) is 15.5. The lowest BCUT2D eigenvalue weighted by atomic mass is 9.91. The van der Waals surface area contributed by atoms with Gasteiger partial charge < -0.3 is 19.1 Å². The molecular weight excluding hydrogens is 298 g/mol. The Kier molecular flexibility index (Phi) is 6.45. The summed E-state index contributed by atoms with van der Waals surface area (Å²) in [5.74, 6) is -0.343. The molecule has 1 aliphatic rings. The lowest BCUT2D eigenvalue weighted by Crippen LogP contribution is -2.55. The highest BCUT2D eigenvalue weighted by atomic mass is 16.6. The van der Waals surface area contributed by atoms with Gasteiger partial charge in [0.2, 0.25) is 0 Å². The fourth-order valence-electron chi connectivity index (χ4n) is 2.52. The molecule has 0 unspecified atom stereocenters. The number of amides is 1. The summed E-state index contributed by atoms with van der Waals surface area (Å²) in [6.45, 7) is 13.7. The minimum absolute atomic E-state index is 0.0946. The standard InChI is InChI=1S/C17H31NO5/c1-12(2)21-14(19)17(22-13(3)4)8-10-18(11-9-17)15(20)23-16(5,6)7/h12-13H,8-11H2,1-7H3. The van der Waals surface area contributed by atoms with E-state index in [4.69, 9.17) is 14.2 Å². The molecule has 1 amide bonds. The van der Waals surface area contributed by atoms with E-state index in [1.165, 1.54) is 0 Å². The van der Waals surface area contributed by atoms with Crippen LogP contribution in [0.15, 0.2) is 0 Å². The summed E-state index contributed by atoms with van der Waals surface area (Å²) < 4.78 is 16.7. The Morgan fingerprint density at radius 1 is 1.00 bits per heavy atom. The van der Waals surface area contributed by atoms with E-state index in [1.807, 2.05) is 48.5 Å². The number of nitrogens with zero attached hydrogens (tertiary/aromatic N) is 1. The fourth-order valence-corrected chi connectivity index (χ4v) is 2.52. The molecule has 0 bridgehead atoms. The lowest BCUT2D eigenvalue weighted by molar-refractivity contribution is -0.189. The van der Waals surface area contributed by atoms with Gasteiger partial charge in [0.25, 0.3) is 0 Å². The van der Waals surface area contributed by atoms with Crippen LogP contribution < -0.4 is 0 Å². The molecule has 0 saturated carbocycles. The molecule has 0 N–H and O–H groups in total. The number of ether oxygens (including phenoxy) is 3. The van der Waals surface area contributed by atoms with Gasteiger partial charge in [0.05, 0.1) is 12.2 Å². The smallest absolute Gasteiger partial charge is 0.410 e. The molecule has 0 aliphatic carbocycles. The largest absolute Gasteiger partial charge is 0.461 e. The first kappa shape index (κ1) is 19.7. The highest BCUT2D eigenvalue weighted by molar-refractivity contribution is 5.80. The molecule has 134 valence electrons. The van der Waals surface area contributed by atoms with Crippen molar-refractivity contribution in [2.24, 2.45) is 0 Å². The molecule has 0 aromatic rings. The molecule has 1 saturated heterocycles. The number of carbonyl (C=O) groups is 2. The number of hydrogen-bond acceptors (Lipinski definition) is 5. The third-order valence-electron chi connectivity index (χ3n) is 3.40. The number of piperidine rings is 1. The fraction of sp³-hybridized carbons (Fsp3) is 0.882. The number of esters is 1. The number of rotatable bonds is 4. The summed E-state index contributed by atoms with van der Waals surface area (Å²) >= 11 is 0. The van der Waals surface area contributed by atoms with Gasteiger partial charge in [-0.1, -0.05) is 0 Å². The Morgan fingerprint density at radius 3 is 1.91 bits per heavy atom. The Hall–Kier alpha value is -1.30. The molecule has 0 atom stereocenters. The van der Waals surface area contributed by atoms with Crippen molar-refractivity contribution in [2.45, 2.75) is 84.7 Å². The van der Waals surface area contributed by atoms with E-state index in [-0.39, 0.29) is 24.3 Å². The van der Waals surface area contributed by atoms with Crippen LogP contribution in [0, 0.1) is 0 Å². The van der Waals surface area contributed by atoms with Crippen LogP contribution in [0.1, 0.15) is 61.3 Å². The topological polar surface area (TPSA) is 65.1 Å². The first-order valence-corrected chi connectivity index (χ1v) is 8.32. The molecule has 0 aromatic carbocycles. The molecular formula is C17H31NO5. The predicted octanol–water partition coefficient (Wildman–Crippen LogP) is 3.13. The predicted molar refractivity (Wildman–Crippen MR) is 87.2 cm³/mol. The normalized spacial score (nSPS) is 18.2. The first-order chi connectivity index (χ1) is 10.4. The quantitative estimate of drug-likeness (QED) is 0.741. The third kappa shape index (κ3) is 6.01. The summed E-state index contributed by atoms with van der Waals surface area (Å²) in [5.41, 5.74) is -1.51. The average Bonchev–Trinajstić information content (AvgIpc) is 2.35. The molecule has 1 aliphatic heterocycles. The van der Waals surface area contributed by atoms with E-state index in [9.17, 15) is 9.59 Å². The molecule has 0 spiro atoms. The van der Waals surface area contributed by atoms with Crippen LogP contribution in [0.3, 0.4) is 0 Å². The molecule has 23 heavy (non-hydrogen) atoms. The number of likely N-dealkylation sites (tertiary alicyclic amines) is 1. The lowest BCUT2D eigenvalue weighted by Gasteiger charge is -2.41. The van der Waals surface area contributed by atoms with Crippen molar-refractivity contribution in [1.82, 2.24) is 4.90 Å². The van der Waals surface area contributed by atoms with Gasteiger partial charge in [0.1, 0.15) is 5.60 Å². The Balaban J connectivity index is 2.76. The van der Waals surface area contributed by atoms with Crippen LogP contribution in [0.4, 0.5) is 4.79 Å². The van der Waals surface area contributed by atoms with Crippen LogP contribution >= 0.6 is 0 Å². The van der Waals surface area contributed by atoms with Crippen molar-refractivity contribution in [1.29, 1.82) is 0 Å². The zero-order valence-corrected chi connectivity index (χ0v) is 15.5. The van der Waals surface area contributed by atoms with E-state index < -0.39 is 11.2 Å². The van der Waals surface area contributed by atoms with Crippen LogP contribution in [-0.2, 0) is 19.0 Å². The summed E-state index contributed by atoms with van der Waals surface area (Å²) in [7, 11) is 0. The van der Waals surface area contributed by atoms with Crippen molar-refractivity contribution in [3.8, 4) is 0 Å². The molecule has 1 fully saturated rings. The minimum atomic E-state index is -0.975. The second kappa shape index (κ2) is 7.51. The molecule has 6 nitrogen and oxygen atoms in total. The third-order valence-corrected chi connectivity index (χ3v) is 3.40. The summed E-state index contributed by atoms with van der Waals surface area (Å²) in [4.78, 5) is 26.3. The van der Waals surface area contributed by atoms with Crippen LogP contribution in [0.2, 0.25) is 0 Å². The Bertz CT molecular complexity index is 417. The summed E-state index contributed by atoms with van der Waals surface area (Å²) in [5, 5.41) is 0. The van der Waals surface area contributed by atoms with Crippen LogP contribution in [-0.4, -0.2) is 53.5 Å². The second-order valence-electron chi connectivity index (χ2n) is 7.58. The van der Waals surface area contributed by atoms with E-state index in [2.05, 4.69) is 0 Å². The van der Waals surface area contributed by atoms with Gasteiger partial charge in [-0.15, -0.1) is 0 Å². The van der Waals surface area contributed by atoms with Gasteiger partial charge in [0, 0.05) is 25.9 Å². The van der Waals surface area contributed by atoms with Gasteiger partial charge in [-0.25, -0.2) is 9.59 Å². The monoisotopic (exact) mass is 329 g/mol. The maximum absolute atomic E-state index is 12.5. The average molecular weight is 329 g/mol. The van der Waals surface area contributed by atoms with Gasteiger partial charge >= 0.3 is 12.1 Å². The highest BCUT2D eigenvalue weighted by Crippen LogP contribution is 2.30. The zero-order chi connectivity index (χ0) is 17.8. The van der Waals surface area contributed by atoms with E-state index in [1.54, 1.807) is 4.90 Å². The second-order valence-corrected chi connectivity index (χ2v) is 7.58. The van der Waals surface area contributed by atoms with Crippen LogP contribution in [0.25, 0.3) is 0 Å². The van der Waals surface area contributed by atoms with Crippen LogP contribution in [0.5, 0.6) is 0 Å². The molecule has 0 radical (unpaired) electrons.